The fraction of sp³-hybridized carbons (Fsp3) is 0.167. The molecule has 0 aliphatic carbocycles. The number of benzene rings is 2. The van der Waals surface area contributed by atoms with E-state index in [2.05, 4.69) is 11.9 Å². The maximum Gasteiger partial charge on any atom is 0.411 e. The van der Waals surface area contributed by atoms with Crippen molar-refractivity contribution in [2.45, 2.75) is 6.61 Å². The molecule has 2 aromatic carbocycles. The van der Waals surface area contributed by atoms with Crippen LogP contribution in [0, 0.1) is 0 Å². The number of para-hydroxylation sites is 1. The number of hydrogen-bond acceptors (Lipinski definition) is 4. The standard InChI is InChI=1S/C18H19NO4/c1-3-11-22-18(20)19-15-10-9-14(17(12-15)21-2)13-23-16-7-5-4-6-8-16/h3-10,12H,1,11,13H2,2H3,(H,19,20). The van der Waals surface area contributed by atoms with E-state index in [4.69, 9.17) is 14.2 Å². The number of anilines is 1. The molecule has 2 aromatic rings. The van der Waals surface area contributed by atoms with Gasteiger partial charge < -0.3 is 14.2 Å². The molecular weight excluding hydrogens is 294 g/mol. The highest BCUT2D eigenvalue weighted by Gasteiger charge is 2.08. The third-order valence-corrected chi connectivity index (χ3v) is 3.00. The SMILES string of the molecule is C=CCOC(=O)Nc1ccc(COc2ccccc2)c(OC)c1. The Kier molecular flexibility index (Phi) is 6.06. The normalized spacial score (nSPS) is 9.78. The topological polar surface area (TPSA) is 56.8 Å². The van der Waals surface area contributed by atoms with Crippen LogP contribution in [0.1, 0.15) is 5.56 Å². The van der Waals surface area contributed by atoms with Crippen LogP contribution in [0.25, 0.3) is 0 Å². The summed E-state index contributed by atoms with van der Waals surface area (Å²) in [6, 6.07) is 14.9. The number of methoxy groups -OCH3 is 1. The summed E-state index contributed by atoms with van der Waals surface area (Å²) in [6.07, 6.45) is 0.963. The summed E-state index contributed by atoms with van der Waals surface area (Å²) in [7, 11) is 1.57. The van der Waals surface area contributed by atoms with Gasteiger partial charge in [0, 0.05) is 17.3 Å². The lowest BCUT2D eigenvalue weighted by Crippen LogP contribution is -2.13. The Morgan fingerprint density at radius 2 is 2.00 bits per heavy atom. The summed E-state index contributed by atoms with van der Waals surface area (Å²) in [6.45, 7) is 4.01. The first kappa shape index (κ1) is 16.4. The summed E-state index contributed by atoms with van der Waals surface area (Å²) < 4.78 is 15.9. The number of hydrogen-bond donors (Lipinski definition) is 1. The summed E-state index contributed by atoms with van der Waals surface area (Å²) in [4.78, 5) is 11.5. The van der Waals surface area contributed by atoms with Crippen molar-refractivity contribution >= 4 is 11.8 Å². The van der Waals surface area contributed by atoms with Crippen LogP contribution in [0.15, 0.2) is 61.2 Å². The minimum atomic E-state index is -0.541. The van der Waals surface area contributed by atoms with E-state index in [1.54, 1.807) is 19.2 Å². The van der Waals surface area contributed by atoms with Crippen LogP contribution in [-0.2, 0) is 11.3 Å². The molecule has 5 nitrogen and oxygen atoms in total. The highest BCUT2D eigenvalue weighted by atomic mass is 16.5. The number of carbonyl (C=O) groups excluding carboxylic acids is 1. The van der Waals surface area contributed by atoms with Crippen LogP contribution >= 0.6 is 0 Å². The van der Waals surface area contributed by atoms with Gasteiger partial charge in [-0.1, -0.05) is 30.9 Å². The van der Waals surface area contributed by atoms with Gasteiger partial charge in [0.05, 0.1) is 7.11 Å². The number of amides is 1. The Bertz CT molecular complexity index is 655. The Hall–Kier alpha value is -2.95. The molecule has 0 unspecified atom stereocenters. The molecule has 0 aromatic heterocycles. The molecule has 120 valence electrons. The predicted molar refractivity (Wildman–Crippen MR) is 88.9 cm³/mol. The molecular formula is C18H19NO4. The highest BCUT2D eigenvalue weighted by molar-refractivity contribution is 5.85. The van der Waals surface area contributed by atoms with Crippen LogP contribution in [-0.4, -0.2) is 19.8 Å². The zero-order valence-electron chi connectivity index (χ0n) is 13.0. The first-order valence-electron chi connectivity index (χ1n) is 7.12. The van der Waals surface area contributed by atoms with Crippen molar-refractivity contribution in [3.8, 4) is 11.5 Å². The van der Waals surface area contributed by atoms with E-state index < -0.39 is 6.09 Å². The van der Waals surface area contributed by atoms with Gasteiger partial charge in [-0.25, -0.2) is 4.79 Å². The number of ether oxygens (including phenoxy) is 3. The fourth-order valence-electron chi connectivity index (χ4n) is 1.91. The van der Waals surface area contributed by atoms with Crippen molar-refractivity contribution in [2.75, 3.05) is 19.0 Å². The zero-order chi connectivity index (χ0) is 16.5. The minimum absolute atomic E-state index is 0.159. The molecule has 23 heavy (non-hydrogen) atoms. The zero-order valence-corrected chi connectivity index (χ0v) is 13.0. The molecule has 1 amide bonds. The summed E-state index contributed by atoms with van der Waals surface area (Å²) >= 11 is 0. The van der Waals surface area contributed by atoms with E-state index >= 15 is 0 Å². The Morgan fingerprint density at radius 3 is 2.70 bits per heavy atom. The summed E-state index contributed by atoms with van der Waals surface area (Å²) in [5.74, 6) is 1.41. The Labute approximate surface area is 135 Å². The summed E-state index contributed by atoms with van der Waals surface area (Å²) in [5.41, 5.74) is 1.46. The van der Waals surface area contributed by atoms with Gasteiger partial charge >= 0.3 is 6.09 Å². The third kappa shape index (κ3) is 5.07. The average Bonchev–Trinajstić information content (AvgIpc) is 2.59. The molecule has 0 fully saturated rings. The van der Waals surface area contributed by atoms with Crippen LogP contribution in [0.3, 0.4) is 0 Å². The molecule has 0 atom stereocenters. The predicted octanol–water partition coefficient (Wildman–Crippen LogP) is 4.01. The van der Waals surface area contributed by atoms with E-state index in [0.717, 1.165) is 11.3 Å². The second-order valence-electron chi connectivity index (χ2n) is 4.64. The third-order valence-electron chi connectivity index (χ3n) is 3.00. The van der Waals surface area contributed by atoms with Crippen LogP contribution < -0.4 is 14.8 Å². The minimum Gasteiger partial charge on any atom is -0.496 e. The van der Waals surface area contributed by atoms with Crippen LogP contribution in [0.2, 0.25) is 0 Å². The van der Waals surface area contributed by atoms with Gasteiger partial charge in [0.25, 0.3) is 0 Å². The van der Waals surface area contributed by atoms with E-state index in [1.165, 1.54) is 6.08 Å². The fourth-order valence-corrected chi connectivity index (χ4v) is 1.91. The molecule has 0 radical (unpaired) electrons. The summed E-state index contributed by atoms with van der Waals surface area (Å²) in [5, 5.41) is 2.62. The van der Waals surface area contributed by atoms with Crippen molar-refractivity contribution in [1.29, 1.82) is 0 Å². The quantitative estimate of drug-likeness (QED) is 0.785. The van der Waals surface area contributed by atoms with Gasteiger partial charge in [0.1, 0.15) is 24.7 Å². The monoisotopic (exact) mass is 313 g/mol. The van der Waals surface area contributed by atoms with Crippen LogP contribution in [0.4, 0.5) is 10.5 Å². The van der Waals surface area contributed by atoms with E-state index in [-0.39, 0.29) is 6.61 Å². The molecule has 5 heteroatoms. The van der Waals surface area contributed by atoms with Crippen molar-refractivity contribution in [3.63, 3.8) is 0 Å². The highest BCUT2D eigenvalue weighted by Crippen LogP contribution is 2.25. The van der Waals surface area contributed by atoms with Gasteiger partial charge in [-0.3, -0.25) is 5.32 Å². The van der Waals surface area contributed by atoms with E-state index in [9.17, 15) is 4.79 Å². The second-order valence-corrected chi connectivity index (χ2v) is 4.64. The van der Waals surface area contributed by atoms with Gasteiger partial charge in [0.2, 0.25) is 0 Å². The molecule has 0 saturated heterocycles. The second kappa shape index (κ2) is 8.48. The first-order valence-corrected chi connectivity index (χ1v) is 7.12. The van der Waals surface area contributed by atoms with Crippen molar-refractivity contribution in [2.24, 2.45) is 0 Å². The molecule has 0 spiro atoms. The van der Waals surface area contributed by atoms with E-state index in [0.29, 0.717) is 18.0 Å². The molecule has 0 bridgehead atoms. The molecule has 1 N–H and O–H groups in total. The largest absolute Gasteiger partial charge is 0.496 e. The average molecular weight is 313 g/mol. The van der Waals surface area contributed by atoms with Crippen molar-refractivity contribution in [3.05, 3.63) is 66.7 Å². The molecule has 0 aliphatic heterocycles. The van der Waals surface area contributed by atoms with Crippen molar-refractivity contribution < 1.29 is 19.0 Å². The molecule has 0 aliphatic rings. The van der Waals surface area contributed by atoms with Gasteiger partial charge in [-0.2, -0.15) is 0 Å². The molecule has 2 rings (SSSR count). The number of nitrogens with one attached hydrogen (secondary N) is 1. The smallest absolute Gasteiger partial charge is 0.411 e. The first-order chi connectivity index (χ1) is 11.2. The molecule has 0 heterocycles. The maximum atomic E-state index is 11.5. The van der Waals surface area contributed by atoms with E-state index in [1.807, 2.05) is 36.4 Å². The van der Waals surface area contributed by atoms with Gasteiger partial charge in [-0.05, 0) is 24.3 Å². The number of rotatable bonds is 7. The lowest BCUT2D eigenvalue weighted by atomic mass is 10.2. The lowest BCUT2D eigenvalue weighted by molar-refractivity contribution is 0.174. The maximum absolute atomic E-state index is 11.5. The van der Waals surface area contributed by atoms with Crippen LogP contribution in [0.5, 0.6) is 11.5 Å². The van der Waals surface area contributed by atoms with Gasteiger partial charge in [0.15, 0.2) is 0 Å². The Balaban J connectivity index is 2.01. The molecule has 0 saturated carbocycles. The number of carbonyl (C=O) groups is 1. The van der Waals surface area contributed by atoms with Gasteiger partial charge in [-0.15, -0.1) is 0 Å². The Morgan fingerprint density at radius 1 is 1.22 bits per heavy atom. The van der Waals surface area contributed by atoms with Crippen molar-refractivity contribution in [1.82, 2.24) is 0 Å². The lowest BCUT2D eigenvalue weighted by Gasteiger charge is -2.12.